The summed E-state index contributed by atoms with van der Waals surface area (Å²) >= 11 is 0. The van der Waals surface area contributed by atoms with Gasteiger partial charge < -0.3 is 0 Å². The van der Waals surface area contributed by atoms with Gasteiger partial charge in [-0.2, -0.15) is 13.5 Å². The first-order valence-electron chi connectivity index (χ1n) is 0. The van der Waals surface area contributed by atoms with Gasteiger partial charge in [-0.05, 0) is 0 Å². The van der Waals surface area contributed by atoms with E-state index in [2.05, 4.69) is 0 Å². The van der Waals surface area contributed by atoms with E-state index in [1.807, 2.05) is 0 Å². The Morgan fingerprint density at radius 3 is 1.00 bits per heavy atom. The predicted molar refractivity (Wildman–Crippen MR) is 17.5 cm³/mol. The third-order valence-corrected chi connectivity index (χ3v) is 0. The zero-order chi connectivity index (χ0) is 0. The smallest absolute Gasteiger partial charge is 0 e. The summed E-state index contributed by atoms with van der Waals surface area (Å²) in [5.74, 6) is 0. The minimum Gasteiger partial charge on any atom is 0 e. The molecule has 0 aliphatic carbocycles. The van der Waals surface area contributed by atoms with Crippen LogP contribution in [0.5, 0.6) is 0 Å². The maximum atomic E-state index is 0. The van der Waals surface area contributed by atoms with Gasteiger partial charge in [-0.3, -0.25) is 0 Å². The second-order valence-corrected chi connectivity index (χ2v) is 0. The first-order valence-corrected chi connectivity index (χ1v) is 0. The largest absolute Gasteiger partial charge is 0 e. The van der Waals surface area contributed by atoms with Crippen LogP contribution in [0, 0.1) is 0 Å². The maximum absolute atomic E-state index is 0. The van der Waals surface area contributed by atoms with Crippen molar-refractivity contribution in [3.8, 4) is 0 Å². The molecule has 0 unspecified atom stereocenters. The summed E-state index contributed by atoms with van der Waals surface area (Å²) in [5, 5.41) is 0. The third kappa shape index (κ3) is 8.87. The third-order valence-electron chi connectivity index (χ3n) is 0. The molecule has 0 saturated heterocycles. The van der Waals surface area contributed by atoms with Crippen molar-refractivity contribution in [2.24, 2.45) is 0 Å². The fraction of sp³-hybridized carbons (Fsp3) is 0. The number of rotatable bonds is 0. The van der Waals surface area contributed by atoms with Gasteiger partial charge in [-0.1, -0.05) is 0 Å². The topological polar surface area (TPSA) is 0 Å². The molecule has 1 radical (unpaired) electrons. The van der Waals surface area contributed by atoms with E-state index < -0.39 is 0 Å². The standard InChI is InChI=1S/Li.H2S.Ti.V.H/h;1H2;;;. The molecule has 4 heavy (non-hydrogen) atoms. The summed E-state index contributed by atoms with van der Waals surface area (Å²) in [6, 6.07) is 0. The van der Waals surface area contributed by atoms with Crippen LogP contribution in [-0.4, -0.2) is 18.9 Å². The van der Waals surface area contributed by atoms with E-state index in [0.717, 1.165) is 0 Å². The van der Waals surface area contributed by atoms with Crippen molar-refractivity contribution in [3.05, 3.63) is 0 Å². The van der Waals surface area contributed by atoms with Gasteiger partial charge in [0.15, 0.2) is 0 Å². The van der Waals surface area contributed by atoms with Crippen LogP contribution >= 0.6 is 13.5 Å². The van der Waals surface area contributed by atoms with Crippen LogP contribution in [0.15, 0.2) is 0 Å². The number of hydrogen-bond acceptors (Lipinski definition) is 0. The van der Waals surface area contributed by atoms with Crippen molar-refractivity contribution in [2.45, 2.75) is 0 Å². The van der Waals surface area contributed by atoms with E-state index in [9.17, 15) is 0 Å². The van der Waals surface area contributed by atoms with Crippen molar-refractivity contribution in [1.82, 2.24) is 0 Å². The fourth-order valence-corrected chi connectivity index (χ4v) is 0. The molecule has 0 aromatic rings. The Morgan fingerprint density at radius 2 is 1.00 bits per heavy atom. The molecule has 0 aromatic carbocycles. The van der Waals surface area contributed by atoms with Gasteiger partial charge in [-0.25, -0.2) is 0 Å². The van der Waals surface area contributed by atoms with Crippen LogP contribution in [0.4, 0.5) is 0 Å². The number of hydrogen-bond donors (Lipinski definition) is 0. The molecule has 0 saturated carbocycles. The van der Waals surface area contributed by atoms with Crippen molar-refractivity contribution in [1.29, 1.82) is 0 Å². The van der Waals surface area contributed by atoms with Crippen molar-refractivity contribution in [2.75, 3.05) is 0 Å². The van der Waals surface area contributed by atoms with Crippen molar-refractivity contribution >= 4 is 32.4 Å². The second-order valence-electron chi connectivity index (χ2n) is 0. The van der Waals surface area contributed by atoms with Gasteiger partial charge in [0.25, 0.3) is 0 Å². The molecule has 0 N–H and O–H groups in total. The molecule has 0 rings (SSSR count). The molecule has 0 bridgehead atoms. The Labute approximate surface area is 71.9 Å². The fourth-order valence-electron chi connectivity index (χ4n) is 0. The second kappa shape index (κ2) is 18.7. The van der Waals surface area contributed by atoms with Crippen LogP contribution < -0.4 is 0 Å². The SMILES string of the molecule is S.[LiH].[Ti].[V]. The monoisotopic (exact) mass is 141 g/mol. The van der Waals surface area contributed by atoms with Crippen LogP contribution in [0.25, 0.3) is 0 Å². The van der Waals surface area contributed by atoms with Gasteiger partial charge in [-0.15, -0.1) is 0 Å². The van der Waals surface area contributed by atoms with Gasteiger partial charge in [0, 0.05) is 40.3 Å². The minimum atomic E-state index is 0. The Balaban J connectivity index is 0. The Bertz CT molecular complexity index is 8.00. The van der Waals surface area contributed by atoms with Crippen LogP contribution in [0.1, 0.15) is 0 Å². The van der Waals surface area contributed by atoms with Crippen molar-refractivity contribution < 1.29 is 40.3 Å². The molecular formula is H3LiSTiV. The quantitative estimate of drug-likeness (QED) is 0.397. The first-order chi connectivity index (χ1) is 0. The molecule has 19 valence electrons. The average molecular weight is 141 g/mol. The molecule has 0 fully saturated rings. The normalized spacial score (nSPS) is 0. The Hall–Kier alpha value is 2.25. The van der Waals surface area contributed by atoms with E-state index in [1.54, 1.807) is 0 Å². The zero-order valence-electron chi connectivity index (χ0n) is 1.45. The predicted octanol–water partition coefficient (Wildman–Crippen LogP) is -0.541. The molecule has 0 atom stereocenters. The van der Waals surface area contributed by atoms with Crippen LogP contribution in [-0.2, 0) is 40.3 Å². The molecule has 0 spiro atoms. The Morgan fingerprint density at radius 1 is 1.00 bits per heavy atom. The Kier molecular flexibility index (Phi) is 160. The summed E-state index contributed by atoms with van der Waals surface area (Å²) in [6.07, 6.45) is 0. The first kappa shape index (κ1) is 34.1. The molecular weight excluding hydrogens is 138 g/mol. The minimum absolute atomic E-state index is 0. The molecule has 0 heterocycles. The molecule has 0 aliphatic rings. The van der Waals surface area contributed by atoms with E-state index in [4.69, 9.17) is 0 Å². The summed E-state index contributed by atoms with van der Waals surface area (Å²) < 4.78 is 0. The average Bonchev–Trinajstić information content (AvgIpc) is 0. The van der Waals surface area contributed by atoms with Crippen molar-refractivity contribution in [3.63, 3.8) is 0 Å². The van der Waals surface area contributed by atoms with Crippen LogP contribution in [0.3, 0.4) is 0 Å². The van der Waals surface area contributed by atoms with Gasteiger partial charge in [0.05, 0.1) is 0 Å². The molecule has 0 amide bonds. The van der Waals surface area contributed by atoms with E-state index in [-0.39, 0.29) is 72.6 Å². The molecule has 0 aromatic heterocycles. The summed E-state index contributed by atoms with van der Waals surface area (Å²) in [5.41, 5.74) is 0. The van der Waals surface area contributed by atoms with Gasteiger partial charge in [0.2, 0.25) is 0 Å². The van der Waals surface area contributed by atoms with Gasteiger partial charge >= 0.3 is 18.9 Å². The van der Waals surface area contributed by atoms with Crippen LogP contribution in [0.2, 0.25) is 0 Å². The molecule has 0 aliphatic heterocycles. The molecule has 4 heteroatoms. The summed E-state index contributed by atoms with van der Waals surface area (Å²) in [6.45, 7) is 0. The summed E-state index contributed by atoms with van der Waals surface area (Å²) in [7, 11) is 0. The van der Waals surface area contributed by atoms with E-state index >= 15 is 0 Å². The van der Waals surface area contributed by atoms with Gasteiger partial charge in [0.1, 0.15) is 0 Å². The summed E-state index contributed by atoms with van der Waals surface area (Å²) in [4.78, 5) is 0. The molecule has 0 nitrogen and oxygen atoms in total. The van der Waals surface area contributed by atoms with E-state index in [1.165, 1.54) is 0 Å². The van der Waals surface area contributed by atoms with E-state index in [0.29, 0.717) is 0 Å². The zero-order valence-corrected chi connectivity index (χ0v) is 5.41. The maximum Gasteiger partial charge on any atom is 0 e.